The number of carbonyl (C=O) groups is 1. The summed E-state index contributed by atoms with van der Waals surface area (Å²) in [7, 11) is 0. The van der Waals surface area contributed by atoms with Crippen molar-refractivity contribution in [2.75, 3.05) is 12.3 Å². The lowest BCUT2D eigenvalue weighted by atomic mass is 9.85. The third-order valence-corrected chi connectivity index (χ3v) is 3.46. The fourth-order valence-electron chi connectivity index (χ4n) is 2.14. The Hall–Kier alpha value is -1.56. The van der Waals surface area contributed by atoms with Crippen LogP contribution in [-0.4, -0.2) is 33.4 Å². The number of aryl methyl sites for hydroxylation is 2. The molecule has 0 fully saturated rings. The van der Waals surface area contributed by atoms with Crippen molar-refractivity contribution in [3.8, 4) is 0 Å². The molecule has 0 spiro atoms. The fraction of sp³-hybridized carbons (Fsp3) is 0.714. The van der Waals surface area contributed by atoms with Crippen molar-refractivity contribution in [3.63, 3.8) is 0 Å². The molecule has 0 bridgehead atoms. The summed E-state index contributed by atoms with van der Waals surface area (Å²) in [5, 5.41) is 16.4. The lowest BCUT2D eigenvalue weighted by molar-refractivity contribution is 0.0875. The van der Waals surface area contributed by atoms with Crippen LogP contribution in [-0.2, 0) is 6.54 Å². The first-order chi connectivity index (χ1) is 9.22. The van der Waals surface area contributed by atoms with Gasteiger partial charge in [0.05, 0.1) is 11.4 Å². The monoisotopic (exact) mass is 282 g/mol. The highest BCUT2D eigenvalue weighted by atomic mass is 16.3. The van der Waals surface area contributed by atoms with Crippen LogP contribution < -0.4 is 11.1 Å². The van der Waals surface area contributed by atoms with Crippen LogP contribution in [0.25, 0.3) is 0 Å². The standard InChI is InChI=1S/C14H26N4O2/c1-6-18-12(11(15)9(2)17-18)13(20)16-10(7-8-19)14(3,4)5/h10,19H,6-8,15H2,1-5H3,(H,16,20). The minimum absolute atomic E-state index is 0.0315. The molecule has 114 valence electrons. The van der Waals surface area contributed by atoms with Gasteiger partial charge in [0.2, 0.25) is 0 Å². The molecule has 1 unspecified atom stereocenters. The van der Waals surface area contributed by atoms with Crippen molar-refractivity contribution < 1.29 is 9.90 Å². The maximum Gasteiger partial charge on any atom is 0.271 e. The first-order valence-electron chi connectivity index (χ1n) is 6.97. The van der Waals surface area contributed by atoms with Crippen molar-refractivity contribution in [1.82, 2.24) is 15.1 Å². The quantitative estimate of drug-likeness (QED) is 0.759. The number of carbonyl (C=O) groups excluding carboxylic acids is 1. The molecule has 0 aliphatic carbocycles. The molecule has 4 N–H and O–H groups in total. The Morgan fingerprint density at radius 3 is 2.55 bits per heavy atom. The minimum atomic E-state index is -0.238. The molecule has 0 aromatic carbocycles. The van der Waals surface area contributed by atoms with E-state index in [2.05, 4.69) is 10.4 Å². The predicted octanol–water partition coefficient (Wildman–Crippen LogP) is 1.32. The molecular weight excluding hydrogens is 256 g/mol. The van der Waals surface area contributed by atoms with Crippen molar-refractivity contribution >= 4 is 11.6 Å². The van der Waals surface area contributed by atoms with Gasteiger partial charge in [-0.2, -0.15) is 5.10 Å². The smallest absolute Gasteiger partial charge is 0.271 e. The van der Waals surface area contributed by atoms with E-state index in [1.807, 2.05) is 27.7 Å². The topological polar surface area (TPSA) is 93.2 Å². The second-order valence-corrected chi connectivity index (χ2v) is 6.07. The van der Waals surface area contributed by atoms with Crippen LogP contribution in [0.3, 0.4) is 0 Å². The highest BCUT2D eigenvalue weighted by molar-refractivity contribution is 5.98. The number of amides is 1. The molecule has 6 heteroatoms. The third kappa shape index (κ3) is 3.50. The predicted molar refractivity (Wildman–Crippen MR) is 79.5 cm³/mol. The van der Waals surface area contributed by atoms with Crippen LogP contribution in [0.2, 0.25) is 0 Å². The Balaban J connectivity index is 3.00. The van der Waals surface area contributed by atoms with Crippen molar-refractivity contribution in [1.29, 1.82) is 0 Å². The molecular formula is C14H26N4O2. The van der Waals surface area contributed by atoms with Gasteiger partial charge in [-0.15, -0.1) is 0 Å². The van der Waals surface area contributed by atoms with Gasteiger partial charge in [0.1, 0.15) is 5.69 Å². The van der Waals surface area contributed by atoms with Crippen LogP contribution >= 0.6 is 0 Å². The molecule has 0 radical (unpaired) electrons. The molecule has 1 atom stereocenters. The maximum absolute atomic E-state index is 12.5. The van der Waals surface area contributed by atoms with Crippen molar-refractivity contribution in [3.05, 3.63) is 11.4 Å². The number of nitrogen functional groups attached to an aromatic ring is 1. The number of nitrogens with zero attached hydrogens (tertiary/aromatic N) is 2. The van der Waals surface area contributed by atoms with Crippen LogP contribution in [0.15, 0.2) is 0 Å². The zero-order valence-corrected chi connectivity index (χ0v) is 13.0. The molecule has 1 amide bonds. The maximum atomic E-state index is 12.5. The van der Waals surface area contributed by atoms with Gasteiger partial charge in [-0.3, -0.25) is 9.48 Å². The lowest BCUT2D eigenvalue weighted by Crippen LogP contribution is -2.45. The lowest BCUT2D eigenvalue weighted by Gasteiger charge is -2.31. The molecule has 20 heavy (non-hydrogen) atoms. The summed E-state index contributed by atoms with van der Waals surface area (Å²) < 4.78 is 1.61. The van der Waals surface area contributed by atoms with Crippen LogP contribution in [0, 0.1) is 12.3 Å². The normalized spacial score (nSPS) is 13.3. The van der Waals surface area contributed by atoms with E-state index in [0.29, 0.717) is 30.0 Å². The van der Waals surface area contributed by atoms with Gasteiger partial charge in [-0.1, -0.05) is 20.8 Å². The molecule has 1 heterocycles. The number of aliphatic hydroxyl groups is 1. The minimum Gasteiger partial charge on any atom is -0.396 e. The number of hydrogen-bond donors (Lipinski definition) is 3. The van der Waals surface area contributed by atoms with Crippen LogP contribution in [0.4, 0.5) is 5.69 Å². The number of nitrogens with two attached hydrogens (primary N) is 1. The van der Waals surface area contributed by atoms with Gasteiger partial charge in [0.25, 0.3) is 5.91 Å². The molecule has 1 aromatic heterocycles. The highest BCUT2D eigenvalue weighted by Gasteiger charge is 2.28. The van der Waals surface area contributed by atoms with E-state index < -0.39 is 0 Å². The number of rotatable bonds is 5. The summed E-state index contributed by atoms with van der Waals surface area (Å²) >= 11 is 0. The van der Waals surface area contributed by atoms with E-state index in [-0.39, 0.29) is 24.0 Å². The zero-order valence-electron chi connectivity index (χ0n) is 13.0. The summed E-state index contributed by atoms with van der Waals surface area (Å²) in [5.41, 5.74) is 7.28. The number of nitrogens with one attached hydrogen (secondary N) is 1. The second kappa shape index (κ2) is 6.26. The molecule has 6 nitrogen and oxygen atoms in total. The van der Waals surface area contributed by atoms with Gasteiger partial charge in [-0.25, -0.2) is 0 Å². The number of aromatic nitrogens is 2. The second-order valence-electron chi connectivity index (χ2n) is 6.07. The van der Waals surface area contributed by atoms with Gasteiger partial charge in [-0.05, 0) is 25.7 Å². The summed E-state index contributed by atoms with van der Waals surface area (Å²) in [4.78, 5) is 12.5. The average Bonchev–Trinajstić information content (AvgIpc) is 2.63. The number of hydrogen-bond acceptors (Lipinski definition) is 4. The van der Waals surface area contributed by atoms with E-state index in [9.17, 15) is 4.79 Å². The van der Waals surface area contributed by atoms with E-state index in [0.717, 1.165) is 0 Å². The Bertz CT molecular complexity index is 474. The van der Waals surface area contributed by atoms with E-state index >= 15 is 0 Å². The summed E-state index contributed by atoms with van der Waals surface area (Å²) in [5.74, 6) is -0.238. The Kier molecular flexibility index (Phi) is 5.16. The van der Waals surface area contributed by atoms with Gasteiger partial charge in [0.15, 0.2) is 0 Å². The Labute approximate surface area is 120 Å². The molecule has 1 aromatic rings. The molecule has 1 rings (SSSR count). The zero-order chi connectivity index (χ0) is 15.5. The SMILES string of the molecule is CCn1nc(C)c(N)c1C(=O)NC(CCO)C(C)(C)C. The molecule has 0 aliphatic rings. The van der Waals surface area contributed by atoms with Gasteiger partial charge in [0, 0.05) is 19.2 Å². The van der Waals surface area contributed by atoms with E-state index in [4.69, 9.17) is 10.8 Å². The fourth-order valence-corrected chi connectivity index (χ4v) is 2.14. The summed E-state index contributed by atoms with van der Waals surface area (Å²) in [6.07, 6.45) is 0.508. The average molecular weight is 282 g/mol. The van der Waals surface area contributed by atoms with E-state index in [1.165, 1.54) is 0 Å². The van der Waals surface area contributed by atoms with Gasteiger partial charge < -0.3 is 16.2 Å². The number of aliphatic hydroxyl groups excluding tert-OH is 1. The van der Waals surface area contributed by atoms with E-state index in [1.54, 1.807) is 11.6 Å². The Morgan fingerprint density at radius 1 is 1.50 bits per heavy atom. The third-order valence-electron chi connectivity index (χ3n) is 3.46. The molecule has 0 aliphatic heterocycles. The van der Waals surface area contributed by atoms with Gasteiger partial charge >= 0.3 is 0 Å². The first kappa shape index (κ1) is 16.5. The van der Waals surface area contributed by atoms with Crippen LogP contribution in [0.5, 0.6) is 0 Å². The first-order valence-corrected chi connectivity index (χ1v) is 6.97. The van der Waals surface area contributed by atoms with Crippen molar-refractivity contribution in [2.45, 2.75) is 53.6 Å². The Morgan fingerprint density at radius 2 is 2.10 bits per heavy atom. The summed E-state index contributed by atoms with van der Waals surface area (Å²) in [6.45, 7) is 10.4. The number of anilines is 1. The van der Waals surface area contributed by atoms with Crippen LogP contribution in [0.1, 0.15) is 50.3 Å². The van der Waals surface area contributed by atoms with Crippen molar-refractivity contribution in [2.24, 2.45) is 5.41 Å². The molecule has 0 saturated heterocycles. The highest BCUT2D eigenvalue weighted by Crippen LogP contribution is 2.23. The molecule has 0 saturated carbocycles. The largest absolute Gasteiger partial charge is 0.396 e. The summed E-state index contributed by atoms with van der Waals surface area (Å²) in [6, 6.07) is -0.125.